The maximum atomic E-state index is 13.7. The van der Waals surface area contributed by atoms with Gasteiger partial charge in [-0.05, 0) is 38.1 Å². The van der Waals surface area contributed by atoms with Crippen LogP contribution in [0.5, 0.6) is 0 Å². The summed E-state index contributed by atoms with van der Waals surface area (Å²) in [5, 5.41) is 10.8. The highest BCUT2D eigenvalue weighted by Gasteiger charge is 2.52. The smallest absolute Gasteiger partial charge is 0.322 e. The molecule has 2 N–H and O–H groups in total. The third-order valence-electron chi connectivity index (χ3n) is 6.84. The van der Waals surface area contributed by atoms with Gasteiger partial charge >= 0.3 is 11.9 Å². The van der Waals surface area contributed by atoms with Gasteiger partial charge in [-0.3, -0.25) is 10.4 Å². The molecular formula is C27H29N6O2S+. The van der Waals surface area contributed by atoms with E-state index < -0.39 is 0 Å². The van der Waals surface area contributed by atoms with Crippen LogP contribution in [-0.4, -0.2) is 54.5 Å². The van der Waals surface area contributed by atoms with E-state index in [2.05, 4.69) is 20.5 Å². The van der Waals surface area contributed by atoms with Crippen molar-refractivity contribution in [2.45, 2.75) is 37.9 Å². The number of anilines is 1. The molecule has 184 valence electrons. The summed E-state index contributed by atoms with van der Waals surface area (Å²) in [5.74, 6) is 0.632. The molecule has 2 aromatic heterocycles. The number of amides is 3. The Balaban J connectivity index is 1.33. The number of aromatic amines is 1. The van der Waals surface area contributed by atoms with Crippen molar-refractivity contribution >= 4 is 29.4 Å². The average molecular weight is 502 g/mol. The summed E-state index contributed by atoms with van der Waals surface area (Å²) < 4.78 is 1.72. The lowest BCUT2D eigenvalue weighted by atomic mass is 10.1. The first-order valence-corrected chi connectivity index (χ1v) is 13.0. The van der Waals surface area contributed by atoms with Crippen LogP contribution in [0.4, 0.5) is 10.5 Å². The van der Waals surface area contributed by atoms with Crippen LogP contribution in [-0.2, 0) is 4.79 Å². The van der Waals surface area contributed by atoms with Crippen LogP contribution in [0.15, 0.2) is 78.2 Å². The van der Waals surface area contributed by atoms with Gasteiger partial charge in [0.2, 0.25) is 5.16 Å². The van der Waals surface area contributed by atoms with Crippen LogP contribution in [0.1, 0.15) is 25.3 Å². The fourth-order valence-corrected chi connectivity index (χ4v) is 5.52. The fraction of sp³-hybridized carbons (Fsp3) is 0.259. The van der Waals surface area contributed by atoms with Crippen molar-refractivity contribution in [2.24, 2.45) is 0 Å². The predicted octanol–water partition coefficient (Wildman–Crippen LogP) is 5.42. The molecular weight excluding hydrogens is 472 g/mol. The number of nitrogens with zero attached hydrogens (tertiary/aromatic N) is 4. The maximum absolute atomic E-state index is 13.7. The zero-order chi connectivity index (χ0) is 25.1. The van der Waals surface area contributed by atoms with E-state index >= 15 is 0 Å². The lowest BCUT2D eigenvalue weighted by molar-refractivity contribution is -0.781. The number of aryl methyl sites for hydroxylation is 1. The number of nitrogens with one attached hydrogen (secondary N) is 2. The number of carbonyl (C=O) groups excluding carboxylic acids is 2. The van der Waals surface area contributed by atoms with Gasteiger partial charge in [-0.1, -0.05) is 53.7 Å². The SMILES string of the molecule is Cc1ccc(-c2nc(SCC(=O)[N+]3(C(=O)Nc4ccccc4-n4cccc4)CCC[C@H]3C)n[nH]2)cc1. The van der Waals surface area contributed by atoms with Gasteiger partial charge < -0.3 is 4.57 Å². The summed E-state index contributed by atoms with van der Waals surface area (Å²) in [7, 11) is 0. The molecule has 2 atom stereocenters. The van der Waals surface area contributed by atoms with Crippen LogP contribution in [0.2, 0.25) is 0 Å². The average Bonchev–Trinajstić information content (AvgIpc) is 3.65. The Morgan fingerprint density at radius 1 is 1.11 bits per heavy atom. The Labute approximate surface area is 214 Å². The second kappa shape index (κ2) is 10.1. The Kier molecular flexibility index (Phi) is 6.75. The van der Waals surface area contributed by atoms with Gasteiger partial charge in [0, 0.05) is 30.8 Å². The Hall–Kier alpha value is -3.69. The van der Waals surface area contributed by atoms with Crippen LogP contribution in [0, 0.1) is 6.92 Å². The van der Waals surface area contributed by atoms with Crippen LogP contribution in [0.3, 0.4) is 0 Å². The van der Waals surface area contributed by atoms with Crippen molar-refractivity contribution in [2.75, 3.05) is 17.6 Å². The molecule has 8 nitrogen and oxygen atoms in total. The van der Waals surface area contributed by atoms with Crippen molar-refractivity contribution in [1.82, 2.24) is 19.7 Å². The van der Waals surface area contributed by atoms with E-state index in [9.17, 15) is 9.59 Å². The number of hydrogen-bond donors (Lipinski definition) is 2. The molecule has 3 heterocycles. The molecule has 0 radical (unpaired) electrons. The Morgan fingerprint density at radius 3 is 2.58 bits per heavy atom. The molecule has 0 spiro atoms. The number of rotatable bonds is 6. The molecule has 0 bridgehead atoms. The second-order valence-corrected chi connectivity index (χ2v) is 10.1. The van der Waals surface area contributed by atoms with E-state index in [1.165, 1.54) is 17.3 Å². The Morgan fingerprint density at radius 2 is 1.86 bits per heavy atom. The third-order valence-corrected chi connectivity index (χ3v) is 7.67. The van der Waals surface area contributed by atoms with Gasteiger partial charge in [-0.2, -0.15) is 4.48 Å². The van der Waals surface area contributed by atoms with E-state index in [0.29, 0.717) is 23.2 Å². The molecule has 1 fully saturated rings. The number of para-hydroxylation sites is 2. The summed E-state index contributed by atoms with van der Waals surface area (Å²) in [5.41, 5.74) is 3.63. The second-order valence-electron chi connectivity index (χ2n) is 9.14. The van der Waals surface area contributed by atoms with Crippen molar-refractivity contribution in [1.29, 1.82) is 0 Å². The minimum atomic E-state index is -0.291. The molecule has 9 heteroatoms. The van der Waals surface area contributed by atoms with E-state index in [4.69, 9.17) is 0 Å². The van der Waals surface area contributed by atoms with E-state index in [1.54, 1.807) is 0 Å². The number of imide groups is 1. The Bertz CT molecular complexity index is 1370. The molecule has 5 rings (SSSR count). The maximum Gasteiger partial charge on any atom is 0.428 e. The van der Waals surface area contributed by atoms with Gasteiger partial charge in [-0.15, -0.1) is 5.10 Å². The highest BCUT2D eigenvalue weighted by molar-refractivity contribution is 7.99. The summed E-state index contributed by atoms with van der Waals surface area (Å²) in [6, 6.07) is 19.1. The highest BCUT2D eigenvalue weighted by atomic mass is 32.2. The molecule has 0 aliphatic carbocycles. The summed E-state index contributed by atoms with van der Waals surface area (Å²) in [6.45, 7) is 4.50. The van der Waals surface area contributed by atoms with Gasteiger partial charge in [0.25, 0.3) is 0 Å². The standard InChI is InChI=1S/C27H28N6O2S/c1-19-11-13-21(14-12-19)25-29-26(31-30-25)36-18-24(34)33(17-7-8-20(33)2)27(35)28-22-9-3-4-10-23(22)32-15-5-6-16-32/h3-6,9-16,20H,7-8,17-18H2,1-2H3,(H-,28,29,30,31,35)/p+1/t20-,33?/m1/s1. The van der Waals surface area contributed by atoms with E-state index in [-0.39, 0.29) is 28.2 Å². The van der Waals surface area contributed by atoms with Gasteiger partial charge in [0.05, 0.1) is 17.9 Å². The monoisotopic (exact) mass is 501 g/mol. The summed E-state index contributed by atoms with van der Waals surface area (Å²) >= 11 is 1.26. The van der Waals surface area contributed by atoms with Gasteiger partial charge in [0.1, 0.15) is 11.8 Å². The molecule has 1 aliphatic heterocycles. The van der Waals surface area contributed by atoms with Crippen molar-refractivity contribution < 1.29 is 14.1 Å². The number of urea groups is 1. The largest absolute Gasteiger partial charge is 0.428 e. The molecule has 36 heavy (non-hydrogen) atoms. The number of quaternary nitrogens is 1. The highest BCUT2D eigenvalue weighted by Crippen LogP contribution is 2.32. The predicted molar refractivity (Wildman–Crippen MR) is 141 cm³/mol. The molecule has 1 aliphatic rings. The zero-order valence-electron chi connectivity index (χ0n) is 20.3. The number of benzene rings is 2. The summed E-state index contributed by atoms with van der Waals surface area (Å²) in [6.07, 6.45) is 5.50. The van der Waals surface area contributed by atoms with E-state index in [0.717, 1.165) is 24.1 Å². The third kappa shape index (κ3) is 4.59. The van der Waals surface area contributed by atoms with Crippen molar-refractivity contribution in [3.8, 4) is 17.1 Å². The van der Waals surface area contributed by atoms with Gasteiger partial charge in [0.15, 0.2) is 5.82 Å². The molecule has 1 saturated heterocycles. The summed E-state index contributed by atoms with van der Waals surface area (Å²) in [4.78, 5) is 31.9. The molecule has 0 saturated carbocycles. The zero-order valence-corrected chi connectivity index (χ0v) is 21.2. The number of carbonyl (C=O) groups is 2. The normalized spacial score (nSPS) is 19.3. The number of H-pyrrole nitrogens is 1. The van der Waals surface area contributed by atoms with Crippen molar-refractivity contribution in [3.05, 3.63) is 78.6 Å². The quantitative estimate of drug-likeness (QED) is 0.272. The minimum Gasteiger partial charge on any atom is -0.322 e. The van der Waals surface area contributed by atoms with Gasteiger partial charge in [-0.25, -0.2) is 14.6 Å². The van der Waals surface area contributed by atoms with Crippen LogP contribution < -0.4 is 5.32 Å². The number of hydrogen-bond acceptors (Lipinski definition) is 5. The topological polar surface area (TPSA) is 92.7 Å². The van der Waals surface area contributed by atoms with Crippen LogP contribution in [0.25, 0.3) is 17.1 Å². The molecule has 4 aromatic rings. The number of aromatic nitrogens is 4. The number of likely N-dealkylation sites (tertiary alicyclic amines) is 1. The molecule has 2 aromatic carbocycles. The van der Waals surface area contributed by atoms with Crippen LogP contribution >= 0.6 is 11.8 Å². The lowest BCUT2D eigenvalue weighted by Crippen LogP contribution is -2.61. The fourth-order valence-electron chi connectivity index (χ4n) is 4.77. The first-order valence-electron chi connectivity index (χ1n) is 12.0. The molecule has 3 amide bonds. The first-order chi connectivity index (χ1) is 17.5. The molecule has 1 unspecified atom stereocenters. The number of thioether (sulfide) groups is 1. The van der Waals surface area contributed by atoms with Crippen molar-refractivity contribution in [3.63, 3.8) is 0 Å². The lowest BCUT2D eigenvalue weighted by Gasteiger charge is -2.32. The first kappa shape index (κ1) is 24.0. The minimum absolute atomic E-state index is 0.105. The van der Waals surface area contributed by atoms with E-state index in [1.807, 2.05) is 91.5 Å².